The van der Waals surface area contributed by atoms with Crippen molar-refractivity contribution in [3.63, 3.8) is 0 Å². The molecule has 0 bridgehead atoms. The van der Waals surface area contributed by atoms with Crippen molar-refractivity contribution in [2.24, 2.45) is 5.73 Å². The van der Waals surface area contributed by atoms with Crippen LogP contribution in [0, 0.1) is 6.92 Å². The molecule has 0 atom stereocenters. The number of carbonyl (C=O) groups is 1. The molecule has 122 valence electrons. The van der Waals surface area contributed by atoms with E-state index in [0.717, 1.165) is 15.4 Å². The molecule has 2 rings (SSSR count). The molecule has 0 heterocycles. The fourth-order valence-corrected chi connectivity index (χ4v) is 3.64. The largest absolute Gasteiger partial charge is 0.369 e. The number of halogens is 1. The molecular weight excluding hydrogens is 336 g/mol. The number of nitrogens with two attached hydrogens (primary N) is 1. The van der Waals surface area contributed by atoms with E-state index in [1.54, 1.807) is 0 Å². The van der Waals surface area contributed by atoms with Gasteiger partial charge in [-0.3, -0.25) is 4.79 Å². The van der Waals surface area contributed by atoms with Crippen LogP contribution < -0.4 is 5.73 Å². The molecule has 0 saturated carbocycles. The summed E-state index contributed by atoms with van der Waals surface area (Å²) in [4.78, 5) is 11.4. The van der Waals surface area contributed by atoms with E-state index >= 15 is 0 Å². The Labute approximate surface area is 140 Å². The van der Waals surface area contributed by atoms with E-state index in [9.17, 15) is 13.2 Å². The Morgan fingerprint density at radius 1 is 1.13 bits per heavy atom. The number of amides is 1. The highest BCUT2D eigenvalue weighted by Crippen LogP contribution is 2.21. The second kappa shape index (κ2) is 7.12. The van der Waals surface area contributed by atoms with Gasteiger partial charge in [0.25, 0.3) is 0 Å². The zero-order valence-corrected chi connectivity index (χ0v) is 14.1. The molecule has 1 amide bonds. The summed E-state index contributed by atoms with van der Waals surface area (Å²) in [5, 5.41) is 0.435. The fourth-order valence-electron chi connectivity index (χ4n) is 2.13. The van der Waals surface area contributed by atoms with Gasteiger partial charge in [-0.15, -0.1) is 0 Å². The van der Waals surface area contributed by atoms with Crippen LogP contribution in [0.4, 0.5) is 0 Å². The highest BCUT2D eigenvalue weighted by atomic mass is 35.5. The Hall–Kier alpha value is -1.89. The molecule has 2 aromatic carbocycles. The normalized spacial score (nSPS) is 11.6. The van der Waals surface area contributed by atoms with Gasteiger partial charge in [-0.2, -0.15) is 4.31 Å². The minimum Gasteiger partial charge on any atom is -0.369 e. The average Bonchev–Trinajstić information content (AvgIpc) is 2.48. The fraction of sp³-hybridized carbons (Fsp3) is 0.188. The number of aryl methyl sites for hydroxylation is 1. The SMILES string of the molecule is Cc1ccccc1CN(CC(N)=O)S(=O)(=O)c1ccc(Cl)cc1. The molecule has 0 aliphatic rings. The Balaban J connectivity index is 2.39. The maximum atomic E-state index is 12.8. The number of rotatable bonds is 6. The van der Waals surface area contributed by atoms with Crippen molar-refractivity contribution in [3.8, 4) is 0 Å². The highest BCUT2D eigenvalue weighted by Gasteiger charge is 2.26. The lowest BCUT2D eigenvalue weighted by atomic mass is 10.1. The van der Waals surface area contributed by atoms with Gasteiger partial charge in [0.05, 0.1) is 11.4 Å². The molecule has 0 saturated heterocycles. The molecule has 0 unspecified atom stereocenters. The van der Waals surface area contributed by atoms with Crippen LogP contribution >= 0.6 is 11.6 Å². The molecular formula is C16H17ClN2O3S. The van der Waals surface area contributed by atoms with Crippen molar-refractivity contribution in [1.82, 2.24) is 4.31 Å². The quantitative estimate of drug-likeness (QED) is 0.866. The number of primary amides is 1. The van der Waals surface area contributed by atoms with Gasteiger partial charge in [-0.05, 0) is 42.3 Å². The first-order chi connectivity index (χ1) is 10.8. The highest BCUT2D eigenvalue weighted by molar-refractivity contribution is 7.89. The van der Waals surface area contributed by atoms with Gasteiger partial charge >= 0.3 is 0 Å². The third-order valence-electron chi connectivity index (χ3n) is 3.39. The van der Waals surface area contributed by atoms with E-state index in [2.05, 4.69) is 0 Å². The first kappa shape index (κ1) is 17.5. The van der Waals surface area contributed by atoms with Crippen molar-refractivity contribution in [2.45, 2.75) is 18.4 Å². The Morgan fingerprint density at radius 2 is 1.74 bits per heavy atom. The summed E-state index contributed by atoms with van der Waals surface area (Å²) in [6.45, 7) is 1.56. The average molecular weight is 353 g/mol. The monoisotopic (exact) mass is 352 g/mol. The molecule has 0 fully saturated rings. The van der Waals surface area contributed by atoms with Crippen molar-refractivity contribution in [1.29, 1.82) is 0 Å². The first-order valence-electron chi connectivity index (χ1n) is 6.89. The van der Waals surface area contributed by atoms with Crippen LogP contribution in [0.1, 0.15) is 11.1 Å². The van der Waals surface area contributed by atoms with Crippen LogP contribution in [0.15, 0.2) is 53.4 Å². The Bertz CT molecular complexity index is 804. The lowest BCUT2D eigenvalue weighted by molar-refractivity contribution is -0.118. The van der Waals surface area contributed by atoms with E-state index in [4.69, 9.17) is 17.3 Å². The van der Waals surface area contributed by atoms with Crippen LogP contribution in [-0.4, -0.2) is 25.2 Å². The van der Waals surface area contributed by atoms with Crippen LogP contribution in [0.5, 0.6) is 0 Å². The topological polar surface area (TPSA) is 80.5 Å². The molecule has 0 aliphatic carbocycles. The summed E-state index contributed by atoms with van der Waals surface area (Å²) in [5.41, 5.74) is 6.97. The molecule has 0 spiro atoms. The Morgan fingerprint density at radius 3 is 2.30 bits per heavy atom. The van der Waals surface area contributed by atoms with Crippen LogP contribution in [0.3, 0.4) is 0 Å². The summed E-state index contributed by atoms with van der Waals surface area (Å²) in [6, 6.07) is 13.2. The Kier molecular flexibility index (Phi) is 5.41. The summed E-state index contributed by atoms with van der Waals surface area (Å²) < 4.78 is 26.6. The lowest BCUT2D eigenvalue weighted by Crippen LogP contribution is -2.38. The van der Waals surface area contributed by atoms with Crippen LogP contribution in [0.25, 0.3) is 0 Å². The van der Waals surface area contributed by atoms with E-state index in [-0.39, 0.29) is 18.0 Å². The molecule has 2 N–H and O–H groups in total. The number of benzene rings is 2. The van der Waals surface area contributed by atoms with Gasteiger partial charge in [0.1, 0.15) is 0 Å². The van der Waals surface area contributed by atoms with Gasteiger partial charge in [-0.1, -0.05) is 35.9 Å². The maximum Gasteiger partial charge on any atom is 0.243 e. The van der Waals surface area contributed by atoms with Crippen molar-refractivity contribution < 1.29 is 13.2 Å². The maximum absolute atomic E-state index is 12.8. The van der Waals surface area contributed by atoms with Crippen LogP contribution in [0.2, 0.25) is 5.02 Å². The summed E-state index contributed by atoms with van der Waals surface area (Å²) in [5.74, 6) is -0.712. The molecule has 2 aromatic rings. The summed E-state index contributed by atoms with van der Waals surface area (Å²) in [7, 11) is -3.85. The van der Waals surface area contributed by atoms with Crippen molar-refractivity contribution >= 4 is 27.5 Å². The van der Waals surface area contributed by atoms with Gasteiger partial charge in [0.15, 0.2) is 0 Å². The molecule has 0 radical (unpaired) electrons. The number of hydrogen-bond acceptors (Lipinski definition) is 3. The minimum atomic E-state index is -3.85. The van der Waals surface area contributed by atoms with Crippen LogP contribution in [-0.2, 0) is 21.4 Å². The van der Waals surface area contributed by atoms with E-state index in [1.807, 2.05) is 31.2 Å². The van der Waals surface area contributed by atoms with Gasteiger partial charge < -0.3 is 5.73 Å². The number of hydrogen-bond donors (Lipinski definition) is 1. The zero-order valence-electron chi connectivity index (χ0n) is 12.6. The van der Waals surface area contributed by atoms with Gasteiger partial charge in [-0.25, -0.2) is 8.42 Å². The van der Waals surface area contributed by atoms with Crippen molar-refractivity contribution in [2.75, 3.05) is 6.54 Å². The number of carbonyl (C=O) groups excluding carboxylic acids is 1. The number of sulfonamides is 1. The van der Waals surface area contributed by atoms with Gasteiger partial charge in [0.2, 0.25) is 15.9 Å². The molecule has 7 heteroatoms. The van der Waals surface area contributed by atoms with E-state index in [1.165, 1.54) is 24.3 Å². The van der Waals surface area contributed by atoms with Gasteiger partial charge in [0, 0.05) is 11.6 Å². The lowest BCUT2D eigenvalue weighted by Gasteiger charge is -2.22. The minimum absolute atomic E-state index is 0.0664. The summed E-state index contributed by atoms with van der Waals surface area (Å²) >= 11 is 5.79. The standard InChI is InChI=1S/C16H17ClN2O3S/c1-12-4-2-3-5-13(12)10-19(11-16(18)20)23(21,22)15-8-6-14(17)7-9-15/h2-9H,10-11H2,1H3,(H2,18,20). The second-order valence-corrected chi connectivity index (χ2v) is 7.49. The predicted octanol–water partition coefficient (Wildman–Crippen LogP) is 2.32. The van der Waals surface area contributed by atoms with E-state index < -0.39 is 15.9 Å². The molecule has 5 nitrogen and oxygen atoms in total. The molecule has 0 aromatic heterocycles. The first-order valence-corrected chi connectivity index (χ1v) is 8.71. The van der Waals surface area contributed by atoms with Crippen molar-refractivity contribution in [3.05, 3.63) is 64.7 Å². The molecule has 0 aliphatic heterocycles. The summed E-state index contributed by atoms with van der Waals surface area (Å²) in [6.07, 6.45) is 0. The predicted molar refractivity (Wildman–Crippen MR) is 89.4 cm³/mol. The zero-order chi connectivity index (χ0) is 17.0. The third-order valence-corrected chi connectivity index (χ3v) is 5.45. The third kappa shape index (κ3) is 4.31. The number of nitrogens with zero attached hydrogens (tertiary/aromatic N) is 1. The smallest absolute Gasteiger partial charge is 0.243 e. The second-order valence-electron chi connectivity index (χ2n) is 5.12. The van der Waals surface area contributed by atoms with E-state index in [0.29, 0.717) is 5.02 Å². The molecule has 23 heavy (non-hydrogen) atoms.